The molecule has 1 aliphatic carbocycles. The number of ether oxygens (including phenoxy) is 1. The number of benzene rings is 2. The zero-order valence-electron chi connectivity index (χ0n) is 16.0. The Labute approximate surface area is 161 Å². The minimum absolute atomic E-state index is 0.191. The van der Waals surface area contributed by atoms with Crippen LogP contribution in [0.2, 0.25) is 0 Å². The minimum Gasteiger partial charge on any atom is -0.379 e. The molecule has 3 heteroatoms. The molecule has 0 saturated heterocycles. The van der Waals surface area contributed by atoms with Gasteiger partial charge in [-0.15, -0.1) is 6.58 Å². The van der Waals surface area contributed by atoms with Gasteiger partial charge in [0.15, 0.2) is 0 Å². The van der Waals surface area contributed by atoms with Crippen LogP contribution in [0.15, 0.2) is 49.1 Å². The first-order chi connectivity index (χ1) is 13.1. The van der Waals surface area contributed by atoms with E-state index in [2.05, 4.69) is 6.58 Å². The third-order valence-corrected chi connectivity index (χ3v) is 5.52. The van der Waals surface area contributed by atoms with Crippen molar-refractivity contribution < 1.29 is 13.5 Å². The summed E-state index contributed by atoms with van der Waals surface area (Å²) in [6.07, 6.45) is 7.34. The summed E-state index contributed by atoms with van der Waals surface area (Å²) >= 11 is 0. The van der Waals surface area contributed by atoms with Crippen molar-refractivity contribution in [3.8, 4) is 11.1 Å². The van der Waals surface area contributed by atoms with Gasteiger partial charge in [-0.3, -0.25) is 0 Å². The molecule has 144 valence electrons. The Kier molecular flexibility index (Phi) is 6.78. The highest BCUT2D eigenvalue weighted by Crippen LogP contribution is 2.36. The topological polar surface area (TPSA) is 9.23 Å². The van der Waals surface area contributed by atoms with Crippen LogP contribution in [-0.4, -0.2) is 12.7 Å². The molecule has 0 amide bonds. The zero-order chi connectivity index (χ0) is 19.2. The smallest absolute Gasteiger partial charge is 0.127 e. The Bertz CT molecular complexity index is 776. The molecule has 0 heterocycles. The van der Waals surface area contributed by atoms with Gasteiger partial charge in [0.2, 0.25) is 0 Å². The van der Waals surface area contributed by atoms with Crippen LogP contribution in [0.25, 0.3) is 11.1 Å². The van der Waals surface area contributed by atoms with E-state index in [4.69, 9.17) is 4.74 Å². The summed E-state index contributed by atoms with van der Waals surface area (Å²) in [5, 5.41) is 0. The van der Waals surface area contributed by atoms with E-state index < -0.39 is 0 Å². The number of halogens is 2. The molecule has 0 N–H and O–H groups in total. The number of hydrogen-bond donors (Lipinski definition) is 0. The minimum atomic E-state index is -0.243. The number of allylic oxidation sites excluding steroid dienone is 1. The fourth-order valence-electron chi connectivity index (χ4n) is 4.00. The summed E-state index contributed by atoms with van der Waals surface area (Å²) in [4.78, 5) is 0. The standard InChI is InChI=1S/C24H28F2O/c1-3-5-6-18-7-8-19(15-23(18)25)20-11-14-22(24(26)16-20)17-9-12-21(13-10-17)27-4-2/h3,7-8,11,14-17,21H,1,4-6,9-10,12-13H2,2H3. The predicted octanol–water partition coefficient (Wildman–Crippen LogP) is 6.81. The van der Waals surface area contributed by atoms with Gasteiger partial charge in [0, 0.05) is 6.61 Å². The maximum atomic E-state index is 14.8. The molecule has 0 radical (unpaired) electrons. The SMILES string of the molecule is C=CCCc1ccc(-c2ccc(C3CCC(OCC)CC3)c(F)c2)cc1F. The molecule has 2 aromatic carbocycles. The van der Waals surface area contributed by atoms with E-state index in [0.29, 0.717) is 29.2 Å². The molecule has 0 bridgehead atoms. The fraction of sp³-hybridized carbons (Fsp3) is 0.417. The first-order valence-corrected chi connectivity index (χ1v) is 9.93. The molecule has 27 heavy (non-hydrogen) atoms. The molecule has 1 aliphatic rings. The Morgan fingerprint density at radius 2 is 1.67 bits per heavy atom. The van der Waals surface area contributed by atoms with Gasteiger partial charge < -0.3 is 4.74 Å². The lowest BCUT2D eigenvalue weighted by Crippen LogP contribution is -2.21. The van der Waals surface area contributed by atoms with Gasteiger partial charge in [-0.25, -0.2) is 8.78 Å². The zero-order valence-corrected chi connectivity index (χ0v) is 16.0. The Morgan fingerprint density at radius 1 is 1.00 bits per heavy atom. The average molecular weight is 370 g/mol. The van der Waals surface area contributed by atoms with Crippen LogP contribution in [0, 0.1) is 11.6 Å². The summed E-state index contributed by atoms with van der Waals surface area (Å²) in [5.74, 6) is -0.189. The second-order valence-electron chi connectivity index (χ2n) is 7.30. The Balaban J connectivity index is 1.73. The molecule has 0 aliphatic heterocycles. The van der Waals surface area contributed by atoms with Crippen LogP contribution < -0.4 is 0 Å². The Hall–Kier alpha value is -2.00. The molecule has 1 saturated carbocycles. The van der Waals surface area contributed by atoms with E-state index in [-0.39, 0.29) is 17.6 Å². The largest absolute Gasteiger partial charge is 0.379 e. The molecular weight excluding hydrogens is 342 g/mol. The van der Waals surface area contributed by atoms with Crippen molar-refractivity contribution in [2.75, 3.05) is 6.61 Å². The van der Waals surface area contributed by atoms with Gasteiger partial charge in [-0.2, -0.15) is 0 Å². The molecule has 0 aromatic heterocycles. The first kappa shape index (κ1) is 19.8. The highest BCUT2D eigenvalue weighted by atomic mass is 19.1. The van der Waals surface area contributed by atoms with Gasteiger partial charge >= 0.3 is 0 Å². The monoisotopic (exact) mass is 370 g/mol. The molecule has 1 nitrogen and oxygen atoms in total. The fourth-order valence-corrected chi connectivity index (χ4v) is 4.00. The van der Waals surface area contributed by atoms with Crippen molar-refractivity contribution in [1.82, 2.24) is 0 Å². The lowest BCUT2D eigenvalue weighted by Gasteiger charge is -2.28. The van der Waals surface area contributed by atoms with Crippen LogP contribution >= 0.6 is 0 Å². The van der Waals surface area contributed by atoms with Gasteiger partial charge in [0.1, 0.15) is 11.6 Å². The van der Waals surface area contributed by atoms with Gasteiger partial charge in [0.05, 0.1) is 6.10 Å². The first-order valence-electron chi connectivity index (χ1n) is 9.93. The highest BCUT2D eigenvalue weighted by Gasteiger charge is 2.24. The molecule has 3 rings (SSSR count). The van der Waals surface area contributed by atoms with Crippen molar-refractivity contribution in [2.45, 2.75) is 57.5 Å². The number of aryl methyl sites for hydroxylation is 1. The summed E-state index contributed by atoms with van der Waals surface area (Å²) in [6.45, 7) is 6.42. The molecule has 0 atom stereocenters. The quantitative estimate of drug-likeness (QED) is 0.486. The molecule has 0 unspecified atom stereocenters. The number of rotatable bonds is 7. The maximum Gasteiger partial charge on any atom is 0.127 e. The summed E-state index contributed by atoms with van der Waals surface area (Å²) in [5.41, 5.74) is 2.87. The van der Waals surface area contributed by atoms with Gasteiger partial charge in [-0.1, -0.05) is 30.3 Å². The van der Waals surface area contributed by atoms with Crippen LogP contribution in [0.3, 0.4) is 0 Å². The van der Waals surface area contributed by atoms with E-state index in [1.807, 2.05) is 25.1 Å². The second-order valence-corrected chi connectivity index (χ2v) is 7.30. The third kappa shape index (κ3) is 4.84. The Morgan fingerprint density at radius 3 is 2.26 bits per heavy atom. The van der Waals surface area contributed by atoms with E-state index in [1.165, 1.54) is 6.07 Å². The van der Waals surface area contributed by atoms with Crippen LogP contribution in [-0.2, 0) is 11.2 Å². The van der Waals surface area contributed by atoms with E-state index >= 15 is 0 Å². The van der Waals surface area contributed by atoms with Crippen LogP contribution in [0.4, 0.5) is 8.78 Å². The average Bonchev–Trinajstić information content (AvgIpc) is 2.68. The number of hydrogen-bond acceptors (Lipinski definition) is 1. The molecule has 1 fully saturated rings. The lowest BCUT2D eigenvalue weighted by molar-refractivity contribution is 0.0326. The van der Waals surface area contributed by atoms with Crippen molar-refractivity contribution in [3.05, 3.63) is 71.8 Å². The molecule has 2 aromatic rings. The third-order valence-electron chi connectivity index (χ3n) is 5.52. The van der Waals surface area contributed by atoms with Crippen molar-refractivity contribution >= 4 is 0 Å². The summed E-state index contributed by atoms with van der Waals surface area (Å²) in [6, 6.07) is 10.5. The van der Waals surface area contributed by atoms with Gasteiger partial charge in [0.25, 0.3) is 0 Å². The highest BCUT2D eigenvalue weighted by molar-refractivity contribution is 5.64. The van der Waals surface area contributed by atoms with Crippen molar-refractivity contribution in [3.63, 3.8) is 0 Å². The summed E-state index contributed by atoms with van der Waals surface area (Å²) in [7, 11) is 0. The predicted molar refractivity (Wildman–Crippen MR) is 107 cm³/mol. The van der Waals surface area contributed by atoms with E-state index in [0.717, 1.165) is 44.3 Å². The maximum absolute atomic E-state index is 14.8. The van der Waals surface area contributed by atoms with Gasteiger partial charge in [-0.05, 0) is 85.8 Å². The van der Waals surface area contributed by atoms with E-state index in [1.54, 1.807) is 18.2 Å². The lowest BCUT2D eigenvalue weighted by atomic mass is 9.82. The second kappa shape index (κ2) is 9.27. The molecule has 0 spiro atoms. The van der Waals surface area contributed by atoms with Crippen molar-refractivity contribution in [1.29, 1.82) is 0 Å². The van der Waals surface area contributed by atoms with Crippen LogP contribution in [0.5, 0.6) is 0 Å². The normalized spacial score (nSPS) is 19.8. The molecular formula is C24H28F2O. The van der Waals surface area contributed by atoms with Crippen LogP contribution in [0.1, 0.15) is 56.1 Å². The summed E-state index contributed by atoms with van der Waals surface area (Å²) < 4.78 is 34.7. The van der Waals surface area contributed by atoms with E-state index in [9.17, 15) is 8.78 Å². The van der Waals surface area contributed by atoms with Crippen molar-refractivity contribution in [2.24, 2.45) is 0 Å².